The van der Waals surface area contributed by atoms with Crippen LogP contribution in [0.4, 0.5) is 0 Å². The topological polar surface area (TPSA) is 93.5 Å². The molecule has 1 saturated carbocycles. The highest BCUT2D eigenvalue weighted by atomic mass is 16.5. The van der Waals surface area contributed by atoms with Crippen LogP contribution in [0.1, 0.15) is 19.3 Å². The van der Waals surface area contributed by atoms with Gasteiger partial charge in [-0.2, -0.15) is 0 Å². The van der Waals surface area contributed by atoms with Crippen molar-refractivity contribution in [1.82, 2.24) is 10.6 Å². The molecule has 0 radical (unpaired) electrons. The van der Waals surface area contributed by atoms with E-state index in [9.17, 15) is 9.59 Å². The van der Waals surface area contributed by atoms with Crippen molar-refractivity contribution in [1.29, 1.82) is 0 Å². The molecule has 2 amide bonds. The van der Waals surface area contributed by atoms with Crippen LogP contribution in [-0.4, -0.2) is 45.2 Å². The lowest BCUT2D eigenvalue weighted by atomic mass is 10.1. The minimum Gasteiger partial charge on any atom is -0.383 e. The first kappa shape index (κ1) is 13.9. The zero-order valence-electron chi connectivity index (χ0n) is 10.3. The molecule has 0 heterocycles. The highest BCUT2D eigenvalue weighted by molar-refractivity contribution is 5.86. The minimum absolute atomic E-state index is 0.0234. The number of nitrogens with one attached hydrogen (secondary N) is 2. The minimum atomic E-state index is -0.341. The predicted molar refractivity (Wildman–Crippen MR) is 63.2 cm³/mol. The van der Waals surface area contributed by atoms with Gasteiger partial charge in [0.2, 0.25) is 11.8 Å². The van der Waals surface area contributed by atoms with Crippen LogP contribution in [0.25, 0.3) is 0 Å². The van der Waals surface area contributed by atoms with Crippen molar-refractivity contribution in [2.24, 2.45) is 11.1 Å². The molecule has 6 heteroatoms. The van der Waals surface area contributed by atoms with Gasteiger partial charge < -0.3 is 21.1 Å². The molecule has 98 valence electrons. The zero-order valence-corrected chi connectivity index (χ0v) is 10.3. The van der Waals surface area contributed by atoms with Crippen molar-refractivity contribution < 1.29 is 14.3 Å². The molecular weight excluding hydrogens is 222 g/mol. The molecule has 0 atom stereocenters. The molecule has 0 aliphatic heterocycles. The molecule has 0 aromatic carbocycles. The smallest absolute Gasteiger partial charge is 0.227 e. The molecule has 0 aromatic heterocycles. The van der Waals surface area contributed by atoms with E-state index < -0.39 is 0 Å². The van der Waals surface area contributed by atoms with Gasteiger partial charge in [0, 0.05) is 33.2 Å². The summed E-state index contributed by atoms with van der Waals surface area (Å²) in [4.78, 5) is 22.9. The number of hydrogen-bond donors (Lipinski definition) is 3. The third-order valence-electron chi connectivity index (χ3n) is 2.99. The molecule has 0 unspecified atom stereocenters. The van der Waals surface area contributed by atoms with Crippen LogP contribution < -0.4 is 16.4 Å². The number of carbonyl (C=O) groups excluding carboxylic acids is 2. The van der Waals surface area contributed by atoms with Crippen molar-refractivity contribution in [3.63, 3.8) is 0 Å². The van der Waals surface area contributed by atoms with E-state index in [0.717, 1.165) is 12.8 Å². The third-order valence-corrected chi connectivity index (χ3v) is 2.99. The van der Waals surface area contributed by atoms with Crippen LogP contribution >= 0.6 is 0 Å². The average Bonchev–Trinajstić information content (AvgIpc) is 3.10. The van der Waals surface area contributed by atoms with Gasteiger partial charge in [0.1, 0.15) is 0 Å². The lowest BCUT2D eigenvalue weighted by molar-refractivity contribution is -0.126. The summed E-state index contributed by atoms with van der Waals surface area (Å²) in [6.07, 6.45) is 2.00. The molecule has 6 nitrogen and oxygen atoms in total. The van der Waals surface area contributed by atoms with Crippen LogP contribution in [0.3, 0.4) is 0 Å². The number of ether oxygens (including phenoxy) is 1. The van der Waals surface area contributed by atoms with E-state index in [1.54, 1.807) is 7.11 Å². The van der Waals surface area contributed by atoms with Gasteiger partial charge in [-0.15, -0.1) is 0 Å². The van der Waals surface area contributed by atoms with Gasteiger partial charge in [0.15, 0.2) is 0 Å². The lowest BCUT2D eigenvalue weighted by Gasteiger charge is -2.12. The lowest BCUT2D eigenvalue weighted by Crippen LogP contribution is -2.38. The fraction of sp³-hybridized carbons (Fsp3) is 0.818. The molecule has 1 rings (SSSR count). The van der Waals surface area contributed by atoms with Crippen molar-refractivity contribution in [2.75, 3.05) is 33.4 Å². The van der Waals surface area contributed by atoms with E-state index in [1.807, 2.05) is 0 Å². The van der Waals surface area contributed by atoms with Crippen LogP contribution in [-0.2, 0) is 14.3 Å². The molecule has 0 bridgehead atoms. The molecule has 1 aliphatic carbocycles. The zero-order chi connectivity index (χ0) is 12.7. The Morgan fingerprint density at radius 2 is 2.00 bits per heavy atom. The maximum absolute atomic E-state index is 11.7. The Hall–Kier alpha value is -1.14. The first-order valence-corrected chi connectivity index (χ1v) is 5.88. The number of amides is 2. The molecule has 1 fully saturated rings. The Morgan fingerprint density at radius 1 is 1.29 bits per heavy atom. The fourth-order valence-corrected chi connectivity index (χ4v) is 1.53. The van der Waals surface area contributed by atoms with Crippen molar-refractivity contribution >= 4 is 11.8 Å². The van der Waals surface area contributed by atoms with E-state index in [1.165, 1.54) is 0 Å². The first-order chi connectivity index (χ1) is 8.14. The van der Waals surface area contributed by atoms with E-state index in [0.29, 0.717) is 26.2 Å². The highest BCUT2D eigenvalue weighted by Crippen LogP contribution is 2.44. The molecule has 1 aliphatic rings. The summed E-state index contributed by atoms with van der Waals surface area (Å²) >= 11 is 0. The van der Waals surface area contributed by atoms with Crippen molar-refractivity contribution in [2.45, 2.75) is 19.3 Å². The Kier molecular flexibility index (Phi) is 5.37. The highest BCUT2D eigenvalue weighted by Gasteiger charge is 2.48. The third kappa shape index (κ3) is 4.32. The maximum atomic E-state index is 11.7. The van der Waals surface area contributed by atoms with Gasteiger partial charge in [-0.1, -0.05) is 0 Å². The molecule has 0 saturated heterocycles. The monoisotopic (exact) mass is 243 g/mol. The standard InChI is InChI=1S/C11H21N3O3/c1-17-7-6-13-9(15)2-5-14-10(16)11(8-12)3-4-11/h2-8,12H2,1H3,(H,13,15)(H,14,16). The number of rotatable bonds is 8. The molecular formula is C11H21N3O3. The second-order valence-electron chi connectivity index (χ2n) is 4.33. The number of methoxy groups -OCH3 is 1. The summed E-state index contributed by atoms with van der Waals surface area (Å²) < 4.78 is 4.80. The largest absolute Gasteiger partial charge is 0.383 e. The molecule has 0 spiro atoms. The van der Waals surface area contributed by atoms with Crippen molar-refractivity contribution in [3.05, 3.63) is 0 Å². The summed E-state index contributed by atoms with van der Waals surface area (Å²) in [6, 6.07) is 0. The van der Waals surface area contributed by atoms with Gasteiger partial charge in [-0.3, -0.25) is 9.59 Å². The maximum Gasteiger partial charge on any atom is 0.227 e. The molecule has 0 aromatic rings. The summed E-state index contributed by atoms with van der Waals surface area (Å²) in [5.41, 5.74) is 5.19. The fourth-order valence-electron chi connectivity index (χ4n) is 1.53. The number of carbonyl (C=O) groups is 2. The van der Waals surface area contributed by atoms with E-state index >= 15 is 0 Å². The average molecular weight is 243 g/mol. The van der Waals surface area contributed by atoms with Gasteiger partial charge in [0.05, 0.1) is 12.0 Å². The van der Waals surface area contributed by atoms with Gasteiger partial charge >= 0.3 is 0 Å². The van der Waals surface area contributed by atoms with Crippen LogP contribution in [0.5, 0.6) is 0 Å². The van der Waals surface area contributed by atoms with Gasteiger partial charge in [-0.05, 0) is 12.8 Å². The summed E-state index contributed by atoms with van der Waals surface area (Å²) in [5, 5.41) is 5.43. The Labute approximate surface area is 101 Å². The summed E-state index contributed by atoms with van der Waals surface area (Å²) in [5.74, 6) is -0.107. The SMILES string of the molecule is COCCNC(=O)CCNC(=O)C1(CN)CC1. The van der Waals surface area contributed by atoms with E-state index in [2.05, 4.69) is 10.6 Å². The first-order valence-electron chi connectivity index (χ1n) is 5.88. The number of hydrogen-bond acceptors (Lipinski definition) is 4. The molecule has 17 heavy (non-hydrogen) atoms. The van der Waals surface area contributed by atoms with Crippen LogP contribution in [0.15, 0.2) is 0 Å². The Balaban J connectivity index is 2.07. The second kappa shape index (κ2) is 6.56. The van der Waals surface area contributed by atoms with Crippen LogP contribution in [0.2, 0.25) is 0 Å². The quantitative estimate of drug-likeness (QED) is 0.476. The Bertz CT molecular complexity index is 277. The molecule has 4 N–H and O–H groups in total. The summed E-state index contributed by atoms with van der Waals surface area (Å²) in [7, 11) is 1.58. The summed E-state index contributed by atoms with van der Waals surface area (Å²) in [6.45, 7) is 1.74. The van der Waals surface area contributed by atoms with Gasteiger partial charge in [0.25, 0.3) is 0 Å². The second-order valence-corrected chi connectivity index (χ2v) is 4.33. The number of nitrogens with two attached hydrogens (primary N) is 1. The normalized spacial score (nSPS) is 16.4. The Morgan fingerprint density at radius 3 is 2.53 bits per heavy atom. The van der Waals surface area contributed by atoms with Crippen molar-refractivity contribution in [3.8, 4) is 0 Å². The van der Waals surface area contributed by atoms with E-state index in [4.69, 9.17) is 10.5 Å². The van der Waals surface area contributed by atoms with Crippen LogP contribution in [0, 0.1) is 5.41 Å². The predicted octanol–water partition coefficient (Wildman–Crippen LogP) is -1.01. The van der Waals surface area contributed by atoms with E-state index in [-0.39, 0.29) is 23.7 Å². The van der Waals surface area contributed by atoms with Gasteiger partial charge in [-0.25, -0.2) is 0 Å².